The maximum atomic E-state index is 12.1. The number of halogens is 1. The number of amides is 1. The number of carbonyl (C=O) groups excluding carboxylic acids is 1. The molecular weight excluding hydrogens is 312 g/mol. The maximum absolute atomic E-state index is 12.1. The summed E-state index contributed by atoms with van der Waals surface area (Å²) in [6.07, 6.45) is 3.97. The molecule has 0 aliphatic carbocycles. The first kappa shape index (κ1) is 16.0. The Morgan fingerprint density at radius 2 is 2.23 bits per heavy atom. The molecule has 0 saturated carbocycles. The van der Waals surface area contributed by atoms with Crippen LogP contribution in [-0.4, -0.2) is 36.9 Å². The van der Waals surface area contributed by atoms with Crippen LogP contribution in [0.15, 0.2) is 18.6 Å². The summed E-state index contributed by atoms with van der Waals surface area (Å²) in [6, 6.07) is -0.501. The highest BCUT2D eigenvalue weighted by atomic mass is 35.5. The summed E-state index contributed by atoms with van der Waals surface area (Å²) in [5.74, 6) is -0.218. The highest BCUT2D eigenvalue weighted by molar-refractivity contribution is 6.31. The SMILES string of the molecule is Cc1c(Cl)cnn1C(C)C(=O)NCCn1cc([N+](=O)[O-])cn1. The second-order valence-corrected chi connectivity index (χ2v) is 5.12. The Morgan fingerprint density at radius 1 is 1.50 bits per heavy atom. The summed E-state index contributed by atoms with van der Waals surface area (Å²) < 4.78 is 2.94. The Kier molecular flexibility index (Phi) is 4.76. The molecule has 2 aromatic heterocycles. The van der Waals surface area contributed by atoms with E-state index in [0.29, 0.717) is 23.8 Å². The number of nitrogens with one attached hydrogen (secondary N) is 1. The van der Waals surface area contributed by atoms with Crippen LogP contribution in [0.4, 0.5) is 5.69 Å². The molecule has 9 nitrogen and oxygen atoms in total. The van der Waals surface area contributed by atoms with E-state index in [0.717, 1.165) is 0 Å². The van der Waals surface area contributed by atoms with Gasteiger partial charge < -0.3 is 5.32 Å². The molecule has 0 saturated heterocycles. The second-order valence-electron chi connectivity index (χ2n) is 4.71. The van der Waals surface area contributed by atoms with Crippen molar-refractivity contribution in [2.24, 2.45) is 0 Å². The second kappa shape index (κ2) is 6.56. The van der Waals surface area contributed by atoms with E-state index in [-0.39, 0.29) is 11.6 Å². The molecule has 1 unspecified atom stereocenters. The number of rotatable bonds is 6. The lowest BCUT2D eigenvalue weighted by Gasteiger charge is -2.14. The molecule has 0 bridgehead atoms. The molecule has 0 aliphatic heterocycles. The van der Waals surface area contributed by atoms with Gasteiger partial charge in [-0.2, -0.15) is 10.2 Å². The van der Waals surface area contributed by atoms with Gasteiger partial charge in [-0.25, -0.2) is 0 Å². The molecule has 10 heteroatoms. The van der Waals surface area contributed by atoms with E-state index in [1.165, 1.54) is 28.0 Å². The minimum Gasteiger partial charge on any atom is -0.352 e. The molecule has 1 N–H and O–H groups in total. The molecule has 2 rings (SSSR count). The number of hydrogen-bond acceptors (Lipinski definition) is 5. The average molecular weight is 327 g/mol. The third-order valence-electron chi connectivity index (χ3n) is 3.20. The van der Waals surface area contributed by atoms with E-state index in [1.807, 2.05) is 0 Å². The number of nitro groups is 1. The number of hydrogen-bond donors (Lipinski definition) is 1. The topological polar surface area (TPSA) is 108 Å². The van der Waals surface area contributed by atoms with Crippen molar-refractivity contribution >= 4 is 23.2 Å². The minimum absolute atomic E-state index is 0.0819. The maximum Gasteiger partial charge on any atom is 0.306 e. The third-order valence-corrected chi connectivity index (χ3v) is 3.57. The highest BCUT2D eigenvalue weighted by Crippen LogP contribution is 2.17. The number of carbonyl (C=O) groups is 1. The normalized spacial score (nSPS) is 12.1. The smallest absolute Gasteiger partial charge is 0.306 e. The van der Waals surface area contributed by atoms with E-state index < -0.39 is 11.0 Å². The van der Waals surface area contributed by atoms with Crippen LogP contribution in [0.1, 0.15) is 18.7 Å². The fourth-order valence-electron chi connectivity index (χ4n) is 1.91. The van der Waals surface area contributed by atoms with Gasteiger partial charge in [-0.1, -0.05) is 11.6 Å². The standard InChI is InChI=1S/C12H15ClN6O3/c1-8-11(13)6-16-18(8)9(2)12(20)14-3-4-17-7-10(5-15-17)19(21)22/h5-7,9H,3-4H2,1-2H3,(H,14,20). The molecular formula is C12H15ClN6O3. The van der Waals surface area contributed by atoms with Crippen LogP contribution in [0.25, 0.3) is 0 Å². The van der Waals surface area contributed by atoms with Crippen molar-refractivity contribution in [3.05, 3.63) is 39.4 Å². The molecule has 0 aliphatic rings. The fourth-order valence-corrected chi connectivity index (χ4v) is 2.04. The summed E-state index contributed by atoms with van der Waals surface area (Å²) >= 11 is 5.91. The Bertz CT molecular complexity index is 695. The predicted molar refractivity (Wildman–Crippen MR) is 78.6 cm³/mol. The van der Waals surface area contributed by atoms with Gasteiger partial charge in [0.25, 0.3) is 0 Å². The first-order chi connectivity index (χ1) is 10.4. The van der Waals surface area contributed by atoms with Crippen LogP contribution in [0.2, 0.25) is 5.02 Å². The van der Waals surface area contributed by atoms with E-state index >= 15 is 0 Å². The molecule has 0 spiro atoms. The predicted octanol–water partition coefficient (Wildman–Crippen LogP) is 1.33. The first-order valence-corrected chi connectivity index (χ1v) is 6.92. The van der Waals surface area contributed by atoms with Crippen molar-refractivity contribution in [3.8, 4) is 0 Å². The summed E-state index contributed by atoms with van der Waals surface area (Å²) in [7, 11) is 0. The van der Waals surface area contributed by atoms with Crippen molar-refractivity contribution in [2.45, 2.75) is 26.4 Å². The van der Waals surface area contributed by atoms with Crippen LogP contribution in [0.3, 0.4) is 0 Å². The van der Waals surface area contributed by atoms with Gasteiger partial charge in [0.1, 0.15) is 18.4 Å². The van der Waals surface area contributed by atoms with E-state index in [1.54, 1.807) is 13.8 Å². The zero-order chi connectivity index (χ0) is 16.3. The van der Waals surface area contributed by atoms with Crippen LogP contribution in [0.5, 0.6) is 0 Å². The molecule has 118 valence electrons. The largest absolute Gasteiger partial charge is 0.352 e. The van der Waals surface area contributed by atoms with Crippen LogP contribution in [-0.2, 0) is 11.3 Å². The van der Waals surface area contributed by atoms with Crippen LogP contribution >= 0.6 is 11.6 Å². The van der Waals surface area contributed by atoms with Gasteiger partial charge >= 0.3 is 5.69 Å². The molecule has 1 atom stereocenters. The van der Waals surface area contributed by atoms with Crippen LogP contribution < -0.4 is 5.32 Å². The van der Waals surface area contributed by atoms with Crippen molar-refractivity contribution in [1.29, 1.82) is 0 Å². The summed E-state index contributed by atoms with van der Waals surface area (Å²) in [5.41, 5.74) is 0.633. The number of aromatic nitrogens is 4. The van der Waals surface area contributed by atoms with Gasteiger partial charge in [-0.3, -0.25) is 24.3 Å². The highest BCUT2D eigenvalue weighted by Gasteiger charge is 2.18. The summed E-state index contributed by atoms with van der Waals surface area (Å²) in [4.78, 5) is 22.1. The monoisotopic (exact) mass is 326 g/mol. The molecule has 0 radical (unpaired) electrons. The zero-order valence-corrected chi connectivity index (χ0v) is 12.8. The Morgan fingerprint density at radius 3 is 2.77 bits per heavy atom. The third kappa shape index (κ3) is 3.42. The van der Waals surface area contributed by atoms with Crippen LogP contribution in [0, 0.1) is 17.0 Å². The zero-order valence-electron chi connectivity index (χ0n) is 12.1. The van der Waals surface area contributed by atoms with Gasteiger partial charge in [-0.15, -0.1) is 0 Å². The molecule has 0 fully saturated rings. The Hall–Kier alpha value is -2.42. The lowest BCUT2D eigenvalue weighted by molar-refractivity contribution is -0.385. The van der Waals surface area contributed by atoms with Crippen molar-refractivity contribution in [3.63, 3.8) is 0 Å². The van der Waals surface area contributed by atoms with Gasteiger partial charge in [0, 0.05) is 6.54 Å². The van der Waals surface area contributed by atoms with Gasteiger partial charge in [0.2, 0.25) is 5.91 Å². The van der Waals surface area contributed by atoms with Gasteiger partial charge in [0.15, 0.2) is 0 Å². The molecule has 22 heavy (non-hydrogen) atoms. The molecule has 2 aromatic rings. The summed E-state index contributed by atoms with van der Waals surface area (Å²) in [6.45, 7) is 4.13. The van der Waals surface area contributed by atoms with Crippen molar-refractivity contribution in [1.82, 2.24) is 24.9 Å². The lowest BCUT2D eigenvalue weighted by atomic mass is 10.3. The minimum atomic E-state index is -0.519. The van der Waals surface area contributed by atoms with Gasteiger partial charge in [0.05, 0.1) is 28.4 Å². The quantitative estimate of drug-likeness (QED) is 0.636. The van der Waals surface area contributed by atoms with E-state index in [9.17, 15) is 14.9 Å². The van der Waals surface area contributed by atoms with Crippen molar-refractivity contribution < 1.29 is 9.72 Å². The lowest BCUT2D eigenvalue weighted by Crippen LogP contribution is -2.34. The Labute approximate surface area is 131 Å². The van der Waals surface area contributed by atoms with Gasteiger partial charge in [-0.05, 0) is 13.8 Å². The molecule has 2 heterocycles. The summed E-state index contributed by atoms with van der Waals surface area (Å²) in [5, 5.41) is 21.7. The first-order valence-electron chi connectivity index (χ1n) is 6.54. The molecule has 1 amide bonds. The molecule has 0 aromatic carbocycles. The van der Waals surface area contributed by atoms with E-state index in [2.05, 4.69) is 15.5 Å². The fraction of sp³-hybridized carbons (Fsp3) is 0.417. The van der Waals surface area contributed by atoms with E-state index in [4.69, 9.17) is 11.6 Å². The number of nitrogens with zero attached hydrogens (tertiary/aromatic N) is 5. The van der Waals surface area contributed by atoms with Crippen molar-refractivity contribution in [2.75, 3.05) is 6.54 Å². The average Bonchev–Trinajstić information content (AvgIpc) is 3.07. The Balaban J connectivity index is 1.87.